The largest absolute Gasteiger partial charge is 0.339 e. The van der Waals surface area contributed by atoms with Crippen molar-refractivity contribution >= 4 is 11.6 Å². The monoisotopic (exact) mass is 320 g/mol. The van der Waals surface area contributed by atoms with Crippen LogP contribution in [-0.2, 0) is 12.8 Å². The van der Waals surface area contributed by atoms with Crippen LogP contribution in [0.25, 0.3) is 11.3 Å². The van der Waals surface area contributed by atoms with Crippen LogP contribution in [0.5, 0.6) is 0 Å². The second kappa shape index (κ2) is 5.53. The summed E-state index contributed by atoms with van der Waals surface area (Å²) in [6, 6.07) is 13.3. The number of benzene rings is 2. The van der Waals surface area contributed by atoms with Crippen LogP contribution in [0, 0.1) is 5.82 Å². The second-order valence-electron chi connectivity index (χ2n) is 5.74. The minimum absolute atomic E-state index is 0.257. The van der Waals surface area contributed by atoms with Gasteiger partial charge in [-0.2, -0.15) is 0 Å². The number of ketones is 2. The smallest absolute Gasteiger partial charge is 0.251 e. The zero-order valence-electron chi connectivity index (χ0n) is 12.7. The minimum Gasteiger partial charge on any atom is -0.339 e. The number of hydrogen-bond acceptors (Lipinski definition) is 3. The van der Waals surface area contributed by atoms with Crippen LogP contribution in [0.1, 0.15) is 32.2 Å². The molecule has 4 nitrogen and oxygen atoms in total. The summed E-state index contributed by atoms with van der Waals surface area (Å²) in [5.74, 6) is -0.689. The Hall–Kier alpha value is -3.08. The van der Waals surface area contributed by atoms with E-state index in [1.54, 1.807) is 30.3 Å². The van der Waals surface area contributed by atoms with Crippen LogP contribution in [0.3, 0.4) is 0 Å². The molecule has 1 aliphatic carbocycles. The van der Waals surface area contributed by atoms with Gasteiger partial charge in [0.15, 0.2) is 0 Å². The zero-order chi connectivity index (χ0) is 16.7. The van der Waals surface area contributed by atoms with Gasteiger partial charge in [0.25, 0.3) is 5.78 Å². The van der Waals surface area contributed by atoms with Gasteiger partial charge >= 0.3 is 0 Å². The van der Waals surface area contributed by atoms with Crippen molar-refractivity contribution < 1.29 is 14.0 Å². The van der Waals surface area contributed by atoms with E-state index in [9.17, 15) is 14.0 Å². The summed E-state index contributed by atoms with van der Waals surface area (Å²) in [4.78, 5) is 31.9. The molecule has 0 unspecified atom stereocenters. The fourth-order valence-corrected chi connectivity index (χ4v) is 2.94. The van der Waals surface area contributed by atoms with E-state index >= 15 is 0 Å². The quantitative estimate of drug-likeness (QED) is 0.753. The molecule has 1 aromatic heterocycles. The van der Waals surface area contributed by atoms with Crippen molar-refractivity contribution in [2.24, 2.45) is 0 Å². The number of aryl methyl sites for hydroxylation is 2. The fraction of sp³-hybridized carbons (Fsp3) is 0.105. The van der Waals surface area contributed by atoms with Gasteiger partial charge in [-0.25, -0.2) is 9.37 Å². The highest BCUT2D eigenvalue weighted by molar-refractivity contribution is 6.52. The van der Waals surface area contributed by atoms with E-state index < -0.39 is 11.6 Å². The molecular formula is C19H13FN2O2. The molecule has 1 N–H and O–H groups in total. The lowest BCUT2D eigenvalue weighted by molar-refractivity contribution is 0.0812. The lowest BCUT2D eigenvalue weighted by Gasteiger charge is -2.11. The molecule has 3 aromatic rings. The van der Waals surface area contributed by atoms with Crippen LogP contribution in [-0.4, -0.2) is 21.5 Å². The van der Waals surface area contributed by atoms with Crippen molar-refractivity contribution in [1.29, 1.82) is 0 Å². The van der Waals surface area contributed by atoms with Crippen molar-refractivity contribution in [2.75, 3.05) is 0 Å². The number of nitrogens with zero attached hydrogens (tertiary/aromatic N) is 1. The number of Topliss-reactive ketones (excluding diaryl/α,β-unsaturated/α-hetero) is 2. The Kier molecular flexibility index (Phi) is 3.34. The first-order valence-corrected chi connectivity index (χ1v) is 7.65. The molecule has 1 aliphatic rings. The Morgan fingerprint density at radius 2 is 1.58 bits per heavy atom. The number of fused-ring (bicyclic) bond motifs is 3. The highest BCUT2D eigenvalue weighted by Gasteiger charge is 2.33. The predicted molar refractivity (Wildman–Crippen MR) is 86.5 cm³/mol. The van der Waals surface area contributed by atoms with Crippen molar-refractivity contribution in [3.05, 3.63) is 77.0 Å². The Morgan fingerprint density at radius 3 is 2.33 bits per heavy atom. The van der Waals surface area contributed by atoms with Crippen LogP contribution in [0.2, 0.25) is 0 Å². The highest BCUT2D eigenvalue weighted by atomic mass is 19.1. The van der Waals surface area contributed by atoms with Crippen LogP contribution >= 0.6 is 0 Å². The second-order valence-corrected chi connectivity index (χ2v) is 5.74. The van der Waals surface area contributed by atoms with E-state index in [4.69, 9.17) is 0 Å². The minimum atomic E-state index is -0.552. The summed E-state index contributed by atoms with van der Waals surface area (Å²) >= 11 is 0. The van der Waals surface area contributed by atoms with Crippen molar-refractivity contribution in [3.8, 4) is 11.3 Å². The van der Waals surface area contributed by atoms with E-state index in [0.29, 0.717) is 35.5 Å². The van der Waals surface area contributed by atoms with Crippen LogP contribution in [0.15, 0.2) is 48.5 Å². The summed E-state index contributed by atoms with van der Waals surface area (Å²) in [6.45, 7) is 0. The van der Waals surface area contributed by atoms with Crippen molar-refractivity contribution in [3.63, 3.8) is 0 Å². The van der Waals surface area contributed by atoms with Gasteiger partial charge in [0, 0.05) is 17.5 Å². The van der Waals surface area contributed by atoms with Gasteiger partial charge in [-0.1, -0.05) is 36.4 Å². The third-order valence-electron chi connectivity index (χ3n) is 4.18. The standard InChI is InChI=1S/C19H13FN2O2/c20-12-8-5-11(6-9-12)7-10-15-21-16-13-3-1-2-4-14(13)18(23)19(24)17(16)22-15/h1-6,8-9H,7,10H2,(H,21,22). The van der Waals surface area contributed by atoms with E-state index in [0.717, 1.165) is 5.56 Å². The summed E-state index contributed by atoms with van der Waals surface area (Å²) in [7, 11) is 0. The summed E-state index contributed by atoms with van der Waals surface area (Å²) in [5, 5.41) is 0. The molecule has 0 bridgehead atoms. The van der Waals surface area contributed by atoms with Crippen molar-refractivity contribution in [2.45, 2.75) is 12.8 Å². The molecular weight excluding hydrogens is 307 g/mol. The number of carbonyl (C=O) groups is 2. The van der Waals surface area contributed by atoms with Crippen LogP contribution in [0.4, 0.5) is 4.39 Å². The molecule has 0 saturated heterocycles. The lowest BCUT2D eigenvalue weighted by Crippen LogP contribution is -2.21. The number of nitrogens with one attached hydrogen (secondary N) is 1. The van der Waals surface area contributed by atoms with Gasteiger partial charge in [-0.3, -0.25) is 9.59 Å². The number of halogens is 1. The molecule has 0 atom stereocenters. The molecule has 0 fully saturated rings. The molecule has 4 rings (SSSR count). The van der Waals surface area contributed by atoms with Gasteiger partial charge < -0.3 is 4.98 Å². The predicted octanol–water partition coefficient (Wildman–Crippen LogP) is 3.38. The maximum absolute atomic E-state index is 12.9. The number of carbonyl (C=O) groups excluding carboxylic acids is 2. The Labute approximate surface area is 137 Å². The number of hydrogen-bond donors (Lipinski definition) is 1. The first-order chi connectivity index (χ1) is 11.6. The maximum atomic E-state index is 12.9. The summed E-state index contributed by atoms with van der Waals surface area (Å²) in [6.07, 6.45) is 1.23. The van der Waals surface area contributed by atoms with Gasteiger partial charge in [0.1, 0.15) is 23.0 Å². The fourth-order valence-electron chi connectivity index (χ4n) is 2.94. The molecule has 2 aromatic carbocycles. The van der Waals surface area contributed by atoms with Gasteiger partial charge in [0.2, 0.25) is 5.78 Å². The Bertz CT molecular complexity index is 958. The topological polar surface area (TPSA) is 62.8 Å². The molecule has 24 heavy (non-hydrogen) atoms. The van der Waals surface area contributed by atoms with Gasteiger partial charge in [-0.15, -0.1) is 0 Å². The number of imidazole rings is 1. The van der Waals surface area contributed by atoms with E-state index in [-0.39, 0.29) is 11.5 Å². The van der Waals surface area contributed by atoms with Gasteiger partial charge in [0.05, 0.1) is 0 Å². The van der Waals surface area contributed by atoms with E-state index in [1.165, 1.54) is 12.1 Å². The SMILES string of the molecule is O=C1C(=O)c2[nH]c(CCc3ccc(F)cc3)nc2-c2ccccc21. The molecule has 0 radical (unpaired) electrons. The lowest BCUT2D eigenvalue weighted by atomic mass is 9.90. The summed E-state index contributed by atoms with van der Waals surface area (Å²) < 4.78 is 12.9. The maximum Gasteiger partial charge on any atom is 0.251 e. The first-order valence-electron chi connectivity index (χ1n) is 7.65. The first kappa shape index (κ1) is 14.5. The summed E-state index contributed by atoms with van der Waals surface area (Å²) in [5.41, 5.74) is 2.85. The van der Waals surface area contributed by atoms with E-state index in [2.05, 4.69) is 9.97 Å². The third kappa shape index (κ3) is 2.34. The normalized spacial score (nSPS) is 12.9. The highest BCUT2D eigenvalue weighted by Crippen LogP contribution is 2.31. The Morgan fingerprint density at radius 1 is 0.875 bits per heavy atom. The zero-order valence-corrected chi connectivity index (χ0v) is 12.7. The number of aromatic nitrogens is 2. The third-order valence-corrected chi connectivity index (χ3v) is 4.18. The number of rotatable bonds is 3. The van der Waals surface area contributed by atoms with E-state index in [1.807, 2.05) is 6.07 Å². The molecule has 0 aliphatic heterocycles. The van der Waals surface area contributed by atoms with Crippen LogP contribution < -0.4 is 0 Å². The van der Waals surface area contributed by atoms with Gasteiger partial charge in [-0.05, 0) is 24.1 Å². The molecule has 0 spiro atoms. The average Bonchev–Trinajstić information content (AvgIpc) is 3.04. The molecule has 1 heterocycles. The molecule has 118 valence electrons. The number of aromatic amines is 1. The molecule has 5 heteroatoms. The molecule has 0 amide bonds. The number of H-pyrrole nitrogens is 1. The molecule has 0 saturated carbocycles. The Balaban J connectivity index is 1.65. The average molecular weight is 320 g/mol. The van der Waals surface area contributed by atoms with Crippen molar-refractivity contribution in [1.82, 2.24) is 9.97 Å².